The van der Waals surface area contributed by atoms with E-state index in [9.17, 15) is 14.4 Å². The Morgan fingerprint density at radius 2 is 2.03 bits per heavy atom. The first-order valence-corrected chi connectivity index (χ1v) is 13.3. The molecule has 1 aliphatic rings. The zero-order valence-electron chi connectivity index (χ0n) is 21.5. The number of benzene rings is 1. The summed E-state index contributed by atoms with van der Waals surface area (Å²) in [5.41, 5.74) is 4.92. The average Bonchev–Trinajstić information content (AvgIpc) is 3.64. The molecule has 0 aliphatic carbocycles. The third kappa shape index (κ3) is 5.90. The van der Waals surface area contributed by atoms with Gasteiger partial charge in [0, 0.05) is 12.6 Å². The molecule has 37 heavy (non-hydrogen) atoms. The first kappa shape index (κ1) is 26.5. The molecule has 1 N–H and O–H groups in total. The van der Waals surface area contributed by atoms with Crippen LogP contribution in [0.4, 0.5) is 0 Å². The van der Waals surface area contributed by atoms with E-state index in [4.69, 9.17) is 9.26 Å². The van der Waals surface area contributed by atoms with Crippen molar-refractivity contribution in [2.75, 3.05) is 13.2 Å². The van der Waals surface area contributed by atoms with Gasteiger partial charge >= 0.3 is 0 Å². The summed E-state index contributed by atoms with van der Waals surface area (Å²) in [4.78, 5) is 44.6. The molecule has 0 radical (unpaired) electrons. The SMILES string of the molecule is Cc1ncsc1-c1ccc([C@H](C)NC(=O)[C@@H]2CCCN2C(=O)C(c2cc(OCC=O)no2)C(C)C)cc1. The van der Waals surface area contributed by atoms with Gasteiger partial charge < -0.3 is 19.5 Å². The lowest BCUT2D eigenvalue weighted by Crippen LogP contribution is -2.48. The summed E-state index contributed by atoms with van der Waals surface area (Å²) in [6.45, 7) is 8.12. The maximum Gasteiger partial charge on any atom is 0.254 e. The van der Waals surface area contributed by atoms with Gasteiger partial charge in [0.1, 0.15) is 18.6 Å². The topological polar surface area (TPSA) is 115 Å². The molecule has 0 saturated carbocycles. The average molecular weight is 525 g/mol. The van der Waals surface area contributed by atoms with Gasteiger partial charge in [0.25, 0.3) is 5.88 Å². The summed E-state index contributed by atoms with van der Waals surface area (Å²) in [6, 6.07) is 8.89. The third-order valence-electron chi connectivity index (χ3n) is 6.66. The quantitative estimate of drug-likeness (QED) is 0.394. The van der Waals surface area contributed by atoms with E-state index in [1.54, 1.807) is 16.2 Å². The maximum absolute atomic E-state index is 13.6. The second kappa shape index (κ2) is 11.7. The molecule has 10 heteroatoms. The minimum absolute atomic E-state index is 0.0942. The molecule has 2 aromatic heterocycles. The number of rotatable bonds is 10. The number of likely N-dealkylation sites (tertiary alicyclic amines) is 1. The smallest absolute Gasteiger partial charge is 0.254 e. The first-order valence-electron chi connectivity index (χ1n) is 12.4. The number of carbonyl (C=O) groups excluding carboxylic acids is 3. The number of aryl methyl sites for hydroxylation is 1. The highest BCUT2D eigenvalue weighted by atomic mass is 32.1. The van der Waals surface area contributed by atoms with Gasteiger partial charge in [-0.3, -0.25) is 14.4 Å². The predicted molar refractivity (Wildman–Crippen MR) is 139 cm³/mol. The van der Waals surface area contributed by atoms with Gasteiger partial charge in [0.05, 0.1) is 22.1 Å². The van der Waals surface area contributed by atoms with Crippen LogP contribution in [0.25, 0.3) is 10.4 Å². The molecule has 3 atom stereocenters. The molecule has 0 bridgehead atoms. The number of hydrogen-bond acceptors (Lipinski definition) is 8. The largest absolute Gasteiger partial charge is 0.468 e. The van der Waals surface area contributed by atoms with E-state index >= 15 is 0 Å². The Morgan fingerprint density at radius 3 is 2.68 bits per heavy atom. The molecule has 1 saturated heterocycles. The molecule has 1 fully saturated rings. The highest BCUT2D eigenvalue weighted by Crippen LogP contribution is 2.33. The third-order valence-corrected chi connectivity index (χ3v) is 7.64. The number of aromatic nitrogens is 2. The number of nitrogens with zero attached hydrogens (tertiary/aromatic N) is 3. The molecule has 3 aromatic rings. The van der Waals surface area contributed by atoms with E-state index in [-0.39, 0.29) is 36.3 Å². The van der Waals surface area contributed by atoms with Crippen LogP contribution < -0.4 is 10.1 Å². The number of hydrogen-bond donors (Lipinski definition) is 1. The van der Waals surface area contributed by atoms with Crippen molar-refractivity contribution in [1.82, 2.24) is 20.4 Å². The van der Waals surface area contributed by atoms with Crippen LogP contribution in [0, 0.1) is 12.8 Å². The minimum atomic E-state index is -0.616. The van der Waals surface area contributed by atoms with Crippen molar-refractivity contribution in [3.05, 3.63) is 52.9 Å². The molecule has 4 rings (SSSR count). The van der Waals surface area contributed by atoms with Gasteiger partial charge in [-0.1, -0.05) is 38.1 Å². The fourth-order valence-electron chi connectivity index (χ4n) is 4.72. The van der Waals surface area contributed by atoms with Crippen LogP contribution >= 0.6 is 11.3 Å². The molecule has 1 aromatic carbocycles. The number of carbonyl (C=O) groups is 3. The predicted octanol–water partition coefficient (Wildman–Crippen LogP) is 4.29. The number of amides is 2. The van der Waals surface area contributed by atoms with Gasteiger partial charge in [0.15, 0.2) is 12.0 Å². The lowest BCUT2D eigenvalue weighted by Gasteiger charge is -2.29. The number of ether oxygens (including phenoxy) is 1. The van der Waals surface area contributed by atoms with Crippen molar-refractivity contribution in [2.45, 2.75) is 58.5 Å². The lowest BCUT2D eigenvalue weighted by molar-refractivity contribution is -0.141. The molecule has 0 spiro atoms. The van der Waals surface area contributed by atoms with Crippen molar-refractivity contribution in [3.63, 3.8) is 0 Å². The van der Waals surface area contributed by atoms with Crippen LogP contribution in [-0.2, 0) is 14.4 Å². The van der Waals surface area contributed by atoms with E-state index in [0.29, 0.717) is 25.0 Å². The van der Waals surface area contributed by atoms with Crippen LogP contribution in [0.3, 0.4) is 0 Å². The Morgan fingerprint density at radius 1 is 1.27 bits per heavy atom. The lowest BCUT2D eigenvalue weighted by atomic mass is 9.91. The van der Waals surface area contributed by atoms with Gasteiger partial charge in [-0.2, -0.15) is 0 Å². The van der Waals surface area contributed by atoms with Crippen LogP contribution in [0.15, 0.2) is 40.4 Å². The summed E-state index contributed by atoms with van der Waals surface area (Å²) in [7, 11) is 0. The Balaban J connectivity index is 1.43. The second-order valence-corrected chi connectivity index (χ2v) is 10.4. The normalized spacial score (nSPS) is 17.0. The molecule has 2 amide bonds. The Labute approximate surface area is 220 Å². The van der Waals surface area contributed by atoms with E-state index < -0.39 is 12.0 Å². The zero-order chi connectivity index (χ0) is 26.5. The highest BCUT2D eigenvalue weighted by molar-refractivity contribution is 7.13. The molecular weight excluding hydrogens is 492 g/mol. The summed E-state index contributed by atoms with van der Waals surface area (Å²) in [6.07, 6.45) is 1.96. The van der Waals surface area contributed by atoms with Crippen molar-refractivity contribution in [3.8, 4) is 16.3 Å². The summed E-state index contributed by atoms with van der Waals surface area (Å²) >= 11 is 1.60. The molecule has 9 nitrogen and oxygen atoms in total. The summed E-state index contributed by atoms with van der Waals surface area (Å²) < 4.78 is 10.6. The van der Waals surface area contributed by atoms with Crippen molar-refractivity contribution in [2.24, 2.45) is 5.92 Å². The first-order chi connectivity index (χ1) is 17.8. The summed E-state index contributed by atoms with van der Waals surface area (Å²) in [5, 5.41) is 6.90. The Hall–Kier alpha value is -3.53. The molecule has 1 aliphatic heterocycles. The molecular formula is C27H32N4O5S. The molecule has 196 valence electrons. The van der Waals surface area contributed by atoms with Crippen LogP contribution in [0.5, 0.6) is 5.88 Å². The van der Waals surface area contributed by atoms with Crippen molar-refractivity contribution >= 4 is 29.4 Å². The molecule has 3 heterocycles. The van der Waals surface area contributed by atoms with Crippen LogP contribution in [0.1, 0.15) is 62.6 Å². The van der Waals surface area contributed by atoms with Gasteiger partial charge in [-0.25, -0.2) is 4.98 Å². The second-order valence-electron chi connectivity index (χ2n) is 9.58. The zero-order valence-corrected chi connectivity index (χ0v) is 22.3. The van der Waals surface area contributed by atoms with Gasteiger partial charge in [-0.15, -0.1) is 11.3 Å². The van der Waals surface area contributed by atoms with Gasteiger partial charge in [0.2, 0.25) is 11.8 Å². The van der Waals surface area contributed by atoms with E-state index in [0.717, 1.165) is 28.1 Å². The Bertz CT molecular complexity index is 1240. The number of nitrogens with one attached hydrogen (secondary N) is 1. The van der Waals surface area contributed by atoms with Crippen LogP contribution in [0.2, 0.25) is 0 Å². The standard InChI is InChI=1S/C27H32N4O5S/c1-16(2)24(22-14-23(30-36-22)35-13-12-32)27(34)31-11-5-6-21(31)26(33)29-17(3)19-7-9-20(10-8-19)25-18(4)28-15-37-25/h7-10,12,14-17,21,24H,5-6,11,13H2,1-4H3,(H,29,33)/t17-,21-,24?/m0/s1. The monoisotopic (exact) mass is 524 g/mol. The minimum Gasteiger partial charge on any atom is -0.468 e. The highest BCUT2D eigenvalue weighted by Gasteiger charge is 2.40. The van der Waals surface area contributed by atoms with Gasteiger partial charge in [-0.05, 0) is 48.9 Å². The fraction of sp³-hybridized carbons (Fsp3) is 0.444. The maximum atomic E-state index is 13.6. The van der Waals surface area contributed by atoms with E-state index in [1.807, 2.05) is 57.5 Å². The Kier molecular flexibility index (Phi) is 8.38. The fourth-order valence-corrected chi connectivity index (χ4v) is 5.53. The van der Waals surface area contributed by atoms with Crippen molar-refractivity contribution < 1.29 is 23.6 Å². The van der Waals surface area contributed by atoms with E-state index in [2.05, 4.69) is 15.5 Å². The summed E-state index contributed by atoms with van der Waals surface area (Å²) in [5.74, 6) is -0.547. The van der Waals surface area contributed by atoms with E-state index in [1.165, 1.54) is 6.07 Å². The number of thiazole rings is 1. The van der Waals surface area contributed by atoms with Crippen LogP contribution in [-0.4, -0.2) is 52.3 Å². The van der Waals surface area contributed by atoms with Crippen molar-refractivity contribution in [1.29, 1.82) is 0 Å². The number of aldehydes is 1. The molecule has 1 unspecified atom stereocenters.